The van der Waals surface area contributed by atoms with Gasteiger partial charge in [-0.15, -0.1) is 0 Å². The van der Waals surface area contributed by atoms with Gasteiger partial charge in [0.1, 0.15) is 17.7 Å². The molecule has 0 spiro atoms. The number of carbonyl (C=O) groups excluding carboxylic acids is 2. The maximum absolute atomic E-state index is 13.5. The van der Waals surface area contributed by atoms with Gasteiger partial charge in [-0.2, -0.15) is 9.97 Å². The van der Waals surface area contributed by atoms with E-state index in [-0.39, 0.29) is 48.4 Å². The number of nitrogens with zero attached hydrogens (tertiary/aromatic N) is 2. The quantitative estimate of drug-likeness (QED) is 0.425. The maximum atomic E-state index is 13.5. The number of aliphatic hydroxyl groups excluding tert-OH is 1. The highest BCUT2D eigenvalue weighted by atomic mass is 35.5. The van der Waals surface area contributed by atoms with E-state index in [4.69, 9.17) is 25.8 Å². The zero-order valence-electron chi connectivity index (χ0n) is 19.8. The molecule has 1 aromatic carbocycles. The van der Waals surface area contributed by atoms with Crippen LogP contribution >= 0.6 is 11.6 Å². The van der Waals surface area contributed by atoms with Crippen molar-refractivity contribution in [3.63, 3.8) is 0 Å². The predicted molar refractivity (Wildman–Crippen MR) is 129 cm³/mol. The standard InChI is InChI=1S/C25H26ClFN4O6/c26-18-5-4-16(6-19(18)27)35-13-23(34)31-25-8-14(9-25)20(7-21(25)32)30-22(33)12-36-17-10-28-24(29-11-17)37-15-2-1-3-15/h4-6,10-11,15,21,32H,1-3,7-9,12-13H2,(H,30,33)(H,31,34)/t21-/m0/s1. The molecule has 12 heteroatoms. The Morgan fingerprint density at radius 2 is 1.81 bits per heavy atom. The summed E-state index contributed by atoms with van der Waals surface area (Å²) in [5, 5.41) is 16.3. The third-order valence-electron chi connectivity index (χ3n) is 6.76. The Kier molecular flexibility index (Phi) is 7.16. The summed E-state index contributed by atoms with van der Waals surface area (Å²) in [6, 6.07) is 4.18. The van der Waals surface area contributed by atoms with Gasteiger partial charge in [-0.25, -0.2) is 4.39 Å². The monoisotopic (exact) mass is 532 g/mol. The Balaban J connectivity index is 1.07. The normalized spacial score (nSPS) is 22.4. The Morgan fingerprint density at radius 3 is 2.46 bits per heavy atom. The molecule has 2 aromatic rings. The van der Waals surface area contributed by atoms with Crippen LogP contribution in [-0.4, -0.2) is 57.8 Å². The molecule has 1 heterocycles. The van der Waals surface area contributed by atoms with Crippen LogP contribution in [0, 0.1) is 5.82 Å². The highest BCUT2D eigenvalue weighted by Gasteiger charge is 2.52. The topological polar surface area (TPSA) is 132 Å². The van der Waals surface area contributed by atoms with Crippen LogP contribution in [0.1, 0.15) is 38.5 Å². The van der Waals surface area contributed by atoms with Gasteiger partial charge in [-0.05, 0) is 49.8 Å². The average Bonchev–Trinajstić information content (AvgIpc) is 2.82. The molecule has 0 unspecified atom stereocenters. The highest BCUT2D eigenvalue weighted by Crippen LogP contribution is 2.47. The van der Waals surface area contributed by atoms with Gasteiger partial charge in [0, 0.05) is 18.2 Å². The fraction of sp³-hybridized carbons (Fsp3) is 0.440. The predicted octanol–water partition coefficient (Wildman–Crippen LogP) is 2.44. The largest absolute Gasteiger partial charge is 0.484 e. The first-order chi connectivity index (χ1) is 17.8. The summed E-state index contributed by atoms with van der Waals surface area (Å²) in [5.74, 6) is -0.956. The number of hydrogen-bond donors (Lipinski definition) is 3. The minimum Gasteiger partial charge on any atom is -0.484 e. The molecule has 0 radical (unpaired) electrons. The number of hydrogen-bond acceptors (Lipinski definition) is 8. The third kappa shape index (κ3) is 5.78. The number of amides is 2. The first-order valence-corrected chi connectivity index (χ1v) is 12.4. The van der Waals surface area contributed by atoms with Gasteiger partial charge < -0.3 is 30.0 Å². The number of aliphatic hydroxyl groups is 1. The van der Waals surface area contributed by atoms with Gasteiger partial charge in [0.05, 0.1) is 29.1 Å². The number of halogens is 2. The molecule has 0 aliphatic heterocycles. The van der Waals surface area contributed by atoms with Crippen molar-refractivity contribution in [1.29, 1.82) is 0 Å². The number of fused-ring (bicyclic) bond motifs is 2. The van der Waals surface area contributed by atoms with Gasteiger partial charge in [-0.1, -0.05) is 11.6 Å². The van der Waals surface area contributed by atoms with Crippen molar-refractivity contribution in [3.8, 4) is 17.5 Å². The van der Waals surface area contributed by atoms with E-state index in [0.717, 1.165) is 30.9 Å². The van der Waals surface area contributed by atoms with Gasteiger partial charge >= 0.3 is 6.01 Å². The SMILES string of the molecule is O=C(COc1cnc(OC2CCC2)nc1)NC1=C2CC(NC(=O)COc3ccc(Cl)c(F)c3)(C2)[C@@H](O)C1. The number of rotatable bonds is 10. The zero-order valence-corrected chi connectivity index (χ0v) is 20.6. The molecule has 0 saturated heterocycles. The van der Waals surface area contributed by atoms with Gasteiger partial charge in [0.25, 0.3) is 11.8 Å². The minimum atomic E-state index is -0.894. The first kappa shape index (κ1) is 25.2. The molecule has 1 atom stereocenters. The van der Waals surface area contributed by atoms with Crippen molar-refractivity contribution in [1.82, 2.24) is 20.6 Å². The van der Waals surface area contributed by atoms with E-state index < -0.39 is 23.4 Å². The molecule has 1 aromatic heterocycles. The van der Waals surface area contributed by atoms with Crippen molar-refractivity contribution in [2.45, 2.75) is 56.3 Å². The lowest BCUT2D eigenvalue weighted by Crippen LogP contribution is -2.65. The molecule has 2 amide bonds. The fourth-order valence-corrected chi connectivity index (χ4v) is 4.58. The van der Waals surface area contributed by atoms with Crippen LogP contribution in [0.5, 0.6) is 17.5 Å². The van der Waals surface area contributed by atoms with E-state index in [0.29, 0.717) is 24.3 Å². The number of benzene rings is 1. The van der Waals surface area contributed by atoms with Gasteiger partial charge in [0.15, 0.2) is 19.0 Å². The average molecular weight is 533 g/mol. The summed E-state index contributed by atoms with van der Waals surface area (Å²) in [6.07, 6.45) is 6.33. The smallest absolute Gasteiger partial charge is 0.316 e. The van der Waals surface area contributed by atoms with Crippen molar-refractivity contribution < 1.29 is 33.3 Å². The number of nitrogens with one attached hydrogen (secondary N) is 2. The summed E-state index contributed by atoms with van der Waals surface area (Å²) in [4.78, 5) is 33.0. The Hall–Kier alpha value is -3.44. The van der Waals surface area contributed by atoms with Crippen LogP contribution in [0.2, 0.25) is 5.02 Å². The molecule has 10 nitrogen and oxygen atoms in total. The Labute approximate surface area is 217 Å². The van der Waals surface area contributed by atoms with E-state index in [1.165, 1.54) is 24.5 Å². The molecule has 3 N–H and O–H groups in total. The lowest BCUT2D eigenvalue weighted by Gasteiger charge is -2.52. The summed E-state index contributed by atoms with van der Waals surface area (Å²) < 4.78 is 29.9. The molecular weight excluding hydrogens is 507 g/mol. The van der Waals surface area contributed by atoms with Crippen molar-refractivity contribution in [2.75, 3.05) is 13.2 Å². The van der Waals surface area contributed by atoms with E-state index in [2.05, 4.69) is 20.6 Å². The second-order valence-corrected chi connectivity index (χ2v) is 9.84. The number of aromatic nitrogens is 2. The van der Waals surface area contributed by atoms with Gasteiger partial charge in [0.2, 0.25) is 0 Å². The minimum absolute atomic E-state index is 0.0403. The fourth-order valence-electron chi connectivity index (χ4n) is 4.46. The molecular formula is C25H26ClFN4O6. The van der Waals surface area contributed by atoms with Crippen LogP contribution in [0.15, 0.2) is 41.9 Å². The van der Waals surface area contributed by atoms with Gasteiger partial charge in [-0.3, -0.25) is 9.59 Å². The van der Waals surface area contributed by atoms with Crippen LogP contribution in [0.25, 0.3) is 0 Å². The van der Waals surface area contributed by atoms with Crippen molar-refractivity contribution in [2.24, 2.45) is 0 Å². The molecule has 196 valence electrons. The molecule has 2 bridgehead atoms. The van der Waals surface area contributed by atoms with Crippen LogP contribution in [-0.2, 0) is 9.59 Å². The molecule has 37 heavy (non-hydrogen) atoms. The summed E-state index contributed by atoms with van der Waals surface area (Å²) in [7, 11) is 0. The van der Waals surface area contributed by atoms with Crippen LogP contribution < -0.4 is 24.8 Å². The molecule has 4 aliphatic carbocycles. The Bertz CT molecular complexity index is 1210. The molecule has 6 rings (SSSR count). The van der Waals surface area contributed by atoms with Crippen LogP contribution in [0.4, 0.5) is 4.39 Å². The summed E-state index contributed by atoms with van der Waals surface area (Å²) in [5.41, 5.74) is 0.762. The van der Waals surface area contributed by atoms with E-state index in [9.17, 15) is 19.1 Å². The third-order valence-corrected chi connectivity index (χ3v) is 7.06. The second-order valence-electron chi connectivity index (χ2n) is 9.43. The Morgan fingerprint density at radius 1 is 1.11 bits per heavy atom. The lowest BCUT2D eigenvalue weighted by molar-refractivity contribution is -0.129. The highest BCUT2D eigenvalue weighted by molar-refractivity contribution is 6.30. The second kappa shape index (κ2) is 10.5. The van der Waals surface area contributed by atoms with Crippen molar-refractivity contribution >= 4 is 23.4 Å². The maximum Gasteiger partial charge on any atom is 0.316 e. The lowest BCUT2D eigenvalue weighted by atomic mass is 9.62. The first-order valence-electron chi connectivity index (χ1n) is 12.0. The van der Waals surface area contributed by atoms with E-state index >= 15 is 0 Å². The number of ether oxygens (including phenoxy) is 3. The zero-order chi connectivity index (χ0) is 26.0. The van der Waals surface area contributed by atoms with Crippen LogP contribution in [0.3, 0.4) is 0 Å². The summed E-state index contributed by atoms with van der Waals surface area (Å²) >= 11 is 5.64. The van der Waals surface area contributed by atoms with E-state index in [1.807, 2.05) is 0 Å². The molecule has 2 saturated carbocycles. The van der Waals surface area contributed by atoms with E-state index in [1.54, 1.807) is 0 Å². The number of carbonyl (C=O) groups is 2. The summed E-state index contributed by atoms with van der Waals surface area (Å²) in [6.45, 7) is -0.587. The molecule has 2 fully saturated rings. The molecule has 4 aliphatic rings. The van der Waals surface area contributed by atoms with Crippen molar-refractivity contribution in [3.05, 3.63) is 52.7 Å².